The van der Waals surface area contributed by atoms with Gasteiger partial charge in [-0.3, -0.25) is 14.5 Å². The second-order valence-electron chi connectivity index (χ2n) is 11.0. The summed E-state index contributed by atoms with van der Waals surface area (Å²) in [7, 11) is 1.95. The molecule has 2 rings (SSSR count). The summed E-state index contributed by atoms with van der Waals surface area (Å²) in [6.45, 7) is 9.28. The van der Waals surface area contributed by atoms with E-state index in [0.29, 0.717) is 30.8 Å². The molecular formula is C29H46N4O5S. The highest BCUT2D eigenvalue weighted by Gasteiger charge is 2.37. The Kier molecular flexibility index (Phi) is 13.4. The standard InChI is InChI=1S/C29H46N4O5S/c1-7-9-10-12-16-33(23(19(3)4)17-24(34)27-30-21(18-39-27)29(37)38)28(36)25(20(5)8-2)31-26(35)22-14-11-13-15-32(22)6/h1,18-20,22-25,34H,8-17H2,2-6H3,(H,31,35)(H,37,38)/t20-,22?,23+,24+,25-/m0/s1. The number of carboxylic acids is 1. The van der Waals surface area contributed by atoms with Crippen molar-refractivity contribution in [1.29, 1.82) is 0 Å². The number of piperidine rings is 1. The first-order valence-electron chi connectivity index (χ1n) is 14.1. The van der Waals surface area contributed by atoms with Gasteiger partial charge in [0.25, 0.3) is 0 Å². The predicted molar refractivity (Wildman–Crippen MR) is 153 cm³/mol. The highest BCUT2D eigenvalue weighted by molar-refractivity contribution is 7.09. The number of nitrogens with zero attached hydrogens (tertiary/aromatic N) is 3. The molecule has 0 spiro atoms. The number of rotatable bonds is 15. The van der Waals surface area contributed by atoms with Gasteiger partial charge in [-0.2, -0.15) is 0 Å². The molecule has 1 unspecified atom stereocenters. The molecule has 2 amide bonds. The second-order valence-corrected chi connectivity index (χ2v) is 11.9. The van der Waals surface area contributed by atoms with Gasteiger partial charge in [0, 0.05) is 30.8 Å². The minimum Gasteiger partial charge on any atom is -0.476 e. The van der Waals surface area contributed by atoms with Gasteiger partial charge >= 0.3 is 5.97 Å². The van der Waals surface area contributed by atoms with E-state index in [2.05, 4.69) is 21.1 Å². The number of amides is 2. The molecule has 3 N–H and O–H groups in total. The summed E-state index contributed by atoms with van der Waals surface area (Å²) >= 11 is 1.09. The number of carbonyl (C=O) groups is 3. The van der Waals surface area contributed by atoms with Gasteiger partial charge in [0.05, 0.1) is 6.04 Å². The van der Waals surface area contributed by atoms with Crippen molar-refractivity contribution in [3.63, 3.8) is 0 Å². The van der Waals surface area contributed by atoms with E-state index in [1.165, 1.54) is 5.38 Å². The van der Waals surface area contributed by atoms with Gasteiger partial charge < -0.3 is 20.4 Å². The van der Waals surface area contributed by atoms with Gasteiger partial charge in [-0.25, -0.2) is 9.78 Å². The second kappa shape index (κ2) is 15.9. The normalized spacial score (nSPS) is 19.1. The quantitative estimate of drug-likeness (QED) is 0.219. The largest absolute Gasteiger partial charge is 0.476 e. The lowest BCUT2D eigenvalue weighted by Crippen LogP contribution is -2.58. The molecule has 218 valence electrons. The molecule has 0 aromatic carbocycles. The maximum Gasteiger partial charge on any atom is 0.355 e. The van der Waals surface area contributed by atoms with E-state index in [-0.39, 0.29) is 47.8 Å². The van der Waals surface area contributed by atoms with Crippen LogP contribution in [0.3, 0.4) is 0 Å². The number of likely N-dealkylation sites (tertiary alicyclic amines) is 1. The van der Waals surface area contributed by atoms with E-state index in [4.69, 9.17) is 6.42 Å². The summed E-state index contributed by atoms with van der Waals surface area (Å²) in [5.74, 6) is 1.13. The molecule has 1 fully saturated rings. The van der Waals surface area contributed by atoms with Crippen molar-refractivity contribution in [1.82, 2.24) is 20.1 Å². The number of carbonyl (C=O) groups excluding carboxylic acids is 2. The number of likely N-dealkylation sites (N-methyl/N-ethyl adjacent to an activating group) is 1. The minimum absolute atomic E-state index is 0.00657. The van der Waals surface area contributed by atoms with Crippen molar-refractivity contribution in [3.05, 3.63) is 16.1 Å². The average molecular weight is 563 g/mol. The molecule has 2 heterocycles. The van der Waals surface area contributed by atoms with Crippen molar-refractivity contribution in [2.45, 2.75) is 103 Å². The molecular weight excluding hydrogens is 516 g/mol. The summed E-state index contributed by atoms with van der Waals surface area (Å²) < 4.78 is 0. The number of unbranched alkanes of at least 4 members (excludes halogenated alkanes) is 2. The number of hydrogen-bond acceptors (Lipinski definition) is 7. The van der Waals surface area contributed by atoms with Gasteiger partial charge in [0.2, 0.25) is 11.8 Å². The number of aliphatic hydroxyl groups excluding tert-OH is 1. The Bertz CT molecular complexity index is 991. The van der Waals surface area contributed by atoms with E-state index >= 15 is 0 Å². The summed E-state index contributed by atoms with van der Waals surface area (Å²) in [6.07, 6.45) is 10.2. The van der Waals surface area contributed by atoms with Crippen LogP contribution in [0.2, 0.25) is 0 Å². The fourth-order valence-electron chi connectivity index (χ4n) is 5.09. The zero-order valence-corrected chi connectivity index (χ0v) is 24.9. The Morgan fingerprint density at radius 1 is 1.28 bits per heavy atom. The van der Waals surface area contributed by atoms with Crippen molar-refractivity contribution in [3.8, 4) is 12.3 Å². The molecule has 39 heavy (non-hydrogen) atoms. The molecule has 1 aliphatic heterocycles. The fourth-order valence-corrected chi connectivity index (χ4v) is 5.88. The zero-order chi connectivity index (χ0) is 29.1. The highest BCUT2D eigenvalue weighted by Crippen LogP contribution is 2.29. The number of nitrogens with one attached hydrogen (secondary N) is 1. The summed E-state index contributed by atoms with van der Waals surface area (Å²) in [4.78, 5) is 46.8. The first kappa shape index (κ1) is 32.7. The Morgan fingerprint density at radius 3 is 2.56 bits per heavy atom. The summed E-state index contributed by atoms with van der Waals surface area (Å²) in [5, 5.41) is 25.1. The molecule has 0 saturated carbocycles. The van der Waals surface area contributed by atoms with Gasteiger partial charge in [-0.1, -0.05) is 40.5 Å². The number of thiazole rings is 1. The number of aromatic nitrogens is 1. The summed E-state index contributed by atoms with van der Waals surface area (Å²) in [5.41, 5.74) is -0.107. The third kappa shape index (κ3) is 9.30. The van der Waals surface area contributed by atoms with Gasteiger partial charge in [-0.15, -0.1) is 23.7 Å². The Hall–Kier alpha value is -2.48. The topological polar surface area (TPSA) is 123 Å². The molecule has 0 bridgehead atoms. The monoisotopic (exact) mass is 562 g/mol. The molecule has 0 radical (unpaired) electrons. The SMILES string of the molecule is C#CCCCCN(C(=O)[C@@H](NC(=O)C1CCCCN1C)[C@@H](C)CC)[C@H](C[C@@H](O)c1nc(C(=O)O)cs1)C(C)C. The van der Waals surface area contributed by atoms with Gasteiger partial charge in [0.15, 0.2) is 5.69 Å². The lowest BCUT2D eigenvalue weighted by atomic mass is 9.91. The number of aromatic carboxylic acids is 1. The molecule has 1 aromatic rings. The lowest BCUT2D eigenvalue weighted by Gasteiger charge is -2.40. The first-order chi connectivity index (χ1) is 18.5. The van der Waals surface area contributed by atoms with Crippen LogP contribution in [0.5, 0.6) is 0 Å². The minimum atomic E-state index is -1.15. The number of terminal acetylenes is 1. The zero-order valence-electron chi connectivity index (χ0n) is 24.1. The predicted octanol–water partition coefficient (Wildman–Crippen LogP) is 3.94. The van der Waals surface area contributed by atoms with Crippen molar-refractivity contribution >= 4 is 29.1 Å². The maximum atomic E-state index is 14.2. The molecule has 5 atom stereocenters. The van der Waals surface area contributed by atoms with Crippen LogP contribution in [0.15, 0.2) is 5.38 Å². The maximum absolute atomic E-state index is 14.2. The molecule has 1 aliphatic rings. The lowest BCUT2D eigenvalue weighted by molar-refractivity contribution is -0.142. The van der Waals surface area contributed by atoms with Crippen molar-refractivity contribution in [2.75, 3.05) is 20.1 Å². The third-order valence-electron chi connectivity index (χ3n) is 7.76. The van der Waals surface area contributed by atoms with Crippen LogP contribution in [0.4, 0.5) is 0 Å². The average Bonchev–Trinajstić information content (AvgIpc) is 3.41. The van der Waals surface area contributed by atoms with Crippen LogP contribution >= 0.6 is 11.3 Å². The number of hydrogen-bond donors (Lipinski definition) is 3. The van der Waals surface area contributed by atoms with Crippen LogP contribution in [0.25, 0.3) is 0 Å². The van der Waals surface area contributed by atoms with Gasteiger partial charge in [-0.05, 0) is 51.1 Å². The number of aliphatic hydroxyl groups is 1. The summed E-state index contributed by atoms with van der Waals surface area (Å²) in [6, 6.07) is -1.29. The smallest absolute Gasteiger partial charge is 0.355 e. The van der Waals surface area contributed by atoms with E-state index in [9.17, 15) is 24.6 Å². The van der Waals surface area contributed by atoms with Crippen LogP contribution in [0, 0.1) is 24.2 Å². The number of carboxylic acid groups (broad SMARTS) is 1. The Balaban J connectivity index is 2.33. The molecule has 1 saturated heterocycles. The first-order valence-corrected chi connectivity index (χ1v) is 15.0. The molecule has 9 nitrogen and oxygen atoms in total. The van der Waals surface area contributed by atoms with E-state index < -0.39 is 18.1 Å². The van der Waals surface area contributed by atoms with Crippen LogP contribution in [-0.2, 0) is 9.59 Å². The van der Waals surface area contributed by atoms with Crippen LogP contribution in [0.1, 0.15) is 101 Å². The Morgan fingerprint density at radius 2 is 2.00 bits per heavy atom. The third-order valence-corrected chi connectivity index (χ3v) is 8.71. The van der Waals surface area contributed by atoms with E-state index in [1.807, 2.05) is 34.7 Å². The van der Waals surface area contributed by atoms with E-state index in [1.54, 1.807) is 4.90 Å². The van der Waals surface area contributed by atoms with Crippen LogP contribution in [-0.4, -0.2) is 81.0 Å². The van der Waals surface area contributed by atoms with E-state index in [0.717, 1.165) is 43.6 Å². The Labute approximate surface area is 237 Å². The fraction of sp³-hybridized carbons (Fsp3) is 0.724. The van der Waals surface area contributed by atoms with Crippen molar-refractivity contribution in [2.24, 2.45) is 11.8 Å². The van der Waals surface area contributed by atoms with Gasteiger partial charge in [0.1, 0.15) is 17.2 Å². The van der Waals surface area contributed by atoms with Crippen LogP contribution < -0.4 is 5.32 Å². The highest BCUT2D eigenvalue weighted by atomic mass is 32.1. The molecule has 1 aromatic heterocycles. The van der Waals surface area contributed by atoms with Crippen molar-refractivity contribution < 1.29 is 24.6 Å². The molecule has 10 heteroatoms. The molecule has 0 aliphatic carbocycles.